The van der Waals surface area contributed by atoms with Gasteiger partial charge in [0.05, 0.1) is 6.04 Å². The Morgan fingerprint density at radius 2 is 1.50 bits per heavy atom. The van der Waals surface area contributed by atoms with E-state index in [1.54, 1.807) is 12.4 Å². The molecule has 1 aromatic heterocycles. The van der Waals surface area contributed by atoms with Crippen molar-refractivity contribution in [2.45, 2.75) is 6.04 Å². The van der Waals surface area contributed by atoms with Gasteiger partial charge in [-0.15, -0.1) is 24.8 Å². The fourth-order valence-corrected chi connectivity index (χ4v) is 1.41. The van der Waals surface area contributed by atoms with E-state index in [0.717, 1.165) is 11.1 Å². The van der Waals surface area contributed by atoms with Gasteiger partial charge in [0.25, 0.3) is 0 Å². The maximum Gasteiger partial charge on any atom is 0.0566 e. The number of nitrogens with zero attached hydrogens (tertiary/aromatic N) is 1. The van der Waals surface area contributed by atoms with Gasteiger partial charge in [0.1, 0.15) is 0 Å². The normalized spacial score (nSPS) is 10.8. The summed E-state index contributed by atoms with van der Waals surface area (Å²) in [5.74, 6) is 0. The summed E-state index contributed by atoms with van der Waals surface area (Å²) in [6.07, 6.45) is 3.55. The van der Waals surface area contributed by atoms with E-state index in [-0.39, 0.29) is 30.9 Å². The van der Waals surface area contributed by atoms with Crippen molar-refractivity contribution in [2.75, 3.05) is 0 Å². The van der Waals surface area contributed by atoms with Gasteiger partial charge in [0, 0.05) is 12.4 Å². The molecule has 0 saturated heterocycles. The molecule has 0 aliphatic heterocycles. The van der Waals surface area contributed by atoms with E-state index >= 15 is 0 Å². The van der Waals surface area contributed by atoms with Crippen LogP contribution in [-0.4, -0.2) is 4.98 Å². The van der Waals surface area contributed by atoms with Crippen molar-refractivity contribution in [1.29, 1.82) is 0 Å². The number of nitrogens with two attached hydrogens (primary N) is 1. The van der Waals surface area contributed by atoms with E-state index in [2.05, 4.69) is 4.98 Å². The van der Waals surface area contributed by atoms with Crippen LogP contribution in [0.2, 0.25) is 0 Å². The summed E-state index contributed by atoms with van der Waals surface area (Å²) in [6.45, 7) is 0. The number of pyridine rings is 1. The lowest BCUT2D eigenvalue weighted by Gasteiger charge is -2.11. The molecule has 0 bridgehead atoms. The first-order valence-electron chi connectivity index (χ1n) is 4.58. The van der Waals surface area contributed by atoms with Crippen molar-refractivity contribution in [3.05, 3.63) is 66.0 Å². The fraction of sp³-hybridized carbons (Fsp3) is 0.0833. The maximum absolute atomic E-state index is 6.08. The lowest BCUT2D eigenvalue weighted by atomic mass is 10.0. The summed E-state index contributed by atoms with van der Waals surface area (Å²) in [5, 5.41) is 0. The number of hydrogen-bond acceptors (Lipinski definition) is 2. The van der Waals surface area contributed by atoms with Crippen LogP contribution in [0, 0.1) is 0 Å². The average Bonchev–Trinajstić information content (AvgIpc) is 2.30. The first-order chi connectivity index (χ1) is 6.88. The van der Waals surface area contributed by atoms with Gasteiger partial charge in [-0.1, -0.05) is 36.4 Å². The summed E-state index contributed by atoms with van der Waals surface area (Å²) < 4.78 is 0. The molecule has 0 saturated carbocycles. The van der Waals surface area contributed by atoms with Crippen LogP contribution in [0.5, 0.6) is 0 Å². The average molecular weight is 257 g/mol. The molecule has 0 amide bonds. The third-order valence-electron chi connectivity index (χ3n) is 2.20. The zero-order chi connectivity index (χ0) is 9.80. The zero-order valence-corrected chi connectivity index (χ0v) is 10.2. The molecule has 4 heteroatoms. The van der Waals surface area contributed by atoms with Gasteiger partial charge in [0.15, 0.2) is 0 Å². The predicted molar refractivity (Wildman–Crippen MR) is 71.2 cm³/mol. The second-order valence-electron chi connectivity index (χ2n) is 3.17. The van der Waals surface area contributed by atoms with Crippen molar-refractivity contribution in [3.8, 4) is 0 Å². The topological polar surface area (TPSA) is 38.9 Å². The molecule has 2 aromatic rings. The van der Waals surface area contributed by atoms with Crippen LogP contribution < -0.4 is 5.73 Å². The molecule has 1 aromatic carbocycles. The Bertz CT molecular complexity index is 353. The minimum Gasteiger partial charge on any atom is -0.320 e. The van der Waals surface area contributed by atoms with E-state index in [9.17, 15) is 0 Å². The molecular formula is C12H14Cl2N2. The van der Waals surface area contributed by atoms with Crippen LogP contribution in [0.3, 0.4) is 0 Å². The Hall–Kier alpha value is -1.09. The monoisotopic (exact) mass is 256 g/mol. The third-order valence-corrected chi connectivity index (χ3v) is 2.20. The fourth-order valence-electron chi connectivity index (χ4n) is 1.41. The Morgan fingerprint density at radius 3 is 2.06 bits per heavy atom. The molecule has 1 heterocycles. The highest BCUT2D eigenvalue weighted by atomic mass is 35.5. The second-order valence-corrected chi connectivity index (χ2v) is 3.17. The minimum atomic E-state index is -0.0788. The Kier molecular flexibility index (Phi) is 6.74. The highest BCUT2D eigenvalue weighted by molar-refractivity contribution is 5.85. The molecule has 0 spiro atoms. The number of benzene rings is 1. The summed E-state index contributed by atoms with van der Waals surface area (Å²) in [6, 6.07) is 13.8. The highest BCUT2D eigenvalue weighted by Crippen LogP contribution is 2.17. The van der Waals surface area contributed by atoms with Gasteiger partial charge in [-0.3, -0.25) is 4.98 Å². The minimum absolute atomic E-state index is 0. The molecule has 0 aliphatic carbocycles. The van der Waals surface area contributed by atoms with Gasteiger partial charge in [-0.05, 0) is 17.2 Å². The van der Waals surface area contributed by atoms with Crippen molar-refractivity contribution >= 4 is 24.8 Å². The van der Waals surface area contributed by atoms with Gasteiger partial charge in [-0.2, -0.15) is 0 Å². The van der Waals surface area contributed by atoms with Crippen molar-refractivity contribution < 1.29 is 0 Å². The van der Waals surface area contributed by atoms with Crippen molar-refractivity contribution in [3.63, 3.8) is 0 Å². The molecular weight excluding hydrogens is 243 g/mol. The van der Waals surface area contributed by atoms with E-state index in [1.807, 2.05) is 42.5 Å². The Balaban J connectivity index is 0.00000112. The standard InChI is InChI=1S/C12H12N2.2ClH/c13-12(10-5-2-1-3-6-10)11-7-4-8-14-9-11;;/h1-9,12H,13H2;2*1H. The highest BCUT2D eigenvalue weighted by Gasteiger charge is 2.06. The lowest BCUT2D eigenvalue weighted by Crippen LogP contribution is -2.11. The Morgan fingerprint density at radius 1 is 0.875 bits per heavy atom. The third kappa shape index (κ3) is 3.49. The molecule has 1 unspecified atom stereocenters. The largest absolute Gasteiger partial charge is 0.320 e. The maximum atomic E-state index is 6.08. The molecule has 2 N–H and O–H groups in total. The Labute approximate surface area is 108 Å². The molecule has 16 heavy (non-hydrogen) atoms. The van der Waals surface area contributed by atoms with Gasteiger partial charge < -0.3 is 5.73 Å². The van der Waals surface area contributed by atoms with Crippen molar-refractivity contribution in [1.82, 2.24) is 4.98 Å². The van der Waals surface area contributed by atoms with Crippen LogP contribution in [0.4, 0.5) is 0 Å². The zero-order valence-electron chi connectivity index (χ0n) is 8.61. The number of aromatic nitrogens is 1. The first-order valence-corrected chi connectivity index (χ1v) is 4.58. The molecule has 1 atom stereocenters. The lowest BCUT2D eigenvalue weighted by molar-refractivity contribution is 0.863. The smallest absolute Gasteiger partial charge is 0.0566 e. The van der Waals surface area contributed by atoms with Crippen molar-refractivity contribution in [2.24, 2.45) is 5.73 Å². The summed E-state index contributed by atoms with van der Waals surface area (Å²) in [7, 11) is 0. The van der Waals surface area contributed by atoms with Crippen LogP contribution in [0.25, 0.3) is 0 Å². The molecule has 0 radical (unpaired) electrons. The van der Waals surface area contributed by atoms with Gasteiger partial charge in [0.2, 0.25) is 0 Å². The van der Waals surface area contributed by atoms with Crippen LogP contribution in [0.15, 0.2) is 54.9 Å². The predicted octanol–water partition coefficient (Wildman–Crippen LogP) is 2.97. The number of halogens is 2. The molecule has 2 rings (SSSR count). The van der Waals surface area contributed by atoms with E-state index in [0.29, 0.717) is 0 Å². The van der Waals surface area contributed by atoms with E-state index < -0.39 is 0 Å². The van der Waals surface area contributed by atoms with Crippen LogP contribution in [0.1, 0.15) is 17.2 Å². The second kappa shape index (κ2) is 7.23. The van der Waals surface area contributed by atoms with Gasteiger partial charge >= 0.3 is 0 Å². The summed E-state index contributed by atoms with van der Waals surface area (Å²) in [4.78, 5) is 4.05. The molecule has 0 aliphatic rings. The number of hydrogen-bond donors (Lipinski definition) is 1. The summed E-state index contributed by atoms with van der Waals surface area (Å²) in [5.41, 5.74) is 8.23. The number of rotatable bonds is 2. The van der Waals surface area contributed by atoms with E-state index in [1.165, 1.54) is 0 Å². The molecule has 0 fully saturated rings. The SMILES string of the molecule is Cl.Cl.NC(c1ccccc1)c1cccnc1. The van der Waals surface area contributed by atoms with Gasteiger partial charge in [-0.25, -0.2) is 0 Å². The molecule has 86 valence electrons. The van der Waals surface area contributed by atoms with Crippen LogP contribution >= 0.6 is 24.8 Å². The van der Waals surface area contributed by atoms with E-state index in [4.69, 9.17) is 5.73 Å². The quantitative estimate of drug-likeness (QED) is 0.898. The van der Waals surface area contributed by atoms with Crippen LogP contribution in [-0.2, 0) is 0 Å². The molecule has 2 nitrogen and oxygen atoms in total. The first kappa shape index (κ1) is 14.9. The summed E-state index contributed by atoms with van der Waals surface area (Å²) >= 11 is 0.